The molecule has 0 atom stereocenters. The molecule has 0 heteroatoms. The van der Waals surface area contributed by atoms with Crippen LogP contribution in [0.4, 0.5) is 0 Å². The van der Waals surface area contributed by atoms with Gasteiger partial charge in [-0.1, -0.05) is 25.7 Å². The van der Waals surface area contributed by atoms with Crippen LogP contribution in [0.3, 0.4) is 0 Å². The highest BCUT2D eigenvalue weighted by molar-refractivity contribution is 5.06. The SMILES string of the molecule is C1CCC(C[C]2CC2)C1. The van der Waals surface area contributed by atoms with Crippen molar-refractivity contribution < 1.29 is 0 Å². The van der Waals surface area contributed by atoms with Gasteiger partial charge >= 0.3 is 0 Å². The summed E-state index contributed by atoms with van der Waals surface area (Å²) in [6, 6.07) is 0. The van der Waals surface area contributed by atoms with E-state index in [1.165, 1.54) is 44.9 Å². The molecule has 0 nitrogen and oxygen atoms in total. The standard InChI is InChI=1S/C9H15/c1-2-4-8(3-1)7-9-5-6-9/h8H,1-7H2. The highest BCUT2D eigenvalue weighted by Gasteiger charge is 2.27. The Bertz CT molecular complexity index is 86.2. The molecule has 2 saturated carbocycles. The summed E-state index contributed by atoms with van der Waals surface area (Å²) < 4.78 is 0. The van der Waals surface area contributed by atoms with Crippen molar-refractivity contribution in [2.75, 3.05) is 0 Å². The zero-order chi connectivity index (χ0) is 6.10. The molecule has 0 spiro atoms. The lowest BCUT2D eigenvalue weighted by atomic mass is 10.0. The molecule has 0 amide bonds. The molecule has 2 rings (SSSR count). The fraction of sp³-hybridized carbons (Fsp3) is 0.889. The third kappa shape index (κ3) is 1.47. The summed E-state index contributed by atoms with van der Waals surface area (Å²) in [5.74, 6) is 2.98. The minimum absolute atomic E-state index is 1.11. The molecule has 51 valence electrons. The lowest BCUT2D eigenvalue weighted by Crippen LogP contribution is -1.91. The van der Waals surface area contributed by atoms with Crippen LogP contribution in [0.25, 0.3) is 0 Å². The van der Waals surface area contributed by atoms with E-state index in [-0.39, 0.29) is 0 Å². The third-order valence-corrected chi connectivity index (χ3v) is 2.66. The van der Waals surface area contributed by atoms with Crippen LogP contribution in [0.15, 0.2) is 0 Å². The molecule has 0 N–H and O–H groups in total. The molecule has 2 aliphatic carbocycles. The predicted octanol–water partition coefficient (Wildman–Crippen LogP) is 2.93. The van der Waals surface area contributed by atoms with E-state index in [0.29, 0.717) is 0 Å². The molecule has 1 radical (unpaired) electrons. The van der Waals surface area contributed by atoms with Crippen molar-refractivity contribution in [2.24, 2.45) is 5.92 Å². The summed E-state index contributed by atoms with van der Waals surface area (Å²) >= 11 is 0. The molecule has 0 aromatic heterocycles. The van der Waals surface area contributed by atoms with E-state index in [1.54, 1.807) is 0 Å². The van der Waals surface area contributed by atoms with Crippen LogP contribution in [0.2, 0.25) is 0 Å². The first-order valence-corrected chi connectivity index (χ1v) is 4.29. The van der Waals surface area contributed by atoms with Crippen molar-refractivity contribution in [3.05, 3.63) is 5.92 Å². The van der Waals surface area contributed by atoms with E-state index in [4.69, 9.17) is 0 Å². The van der Waals surface area contributed by atoms with Crippen LogP contribution in [-0.2, 0) is 0 Å². The quantitative estimate of drug-likeness (QED) is 0.529. The fourth-order valence-electron chi connectivity index (χ4n) is 1.92. The highest BCUT2D eigenvalue weighted by atomic mass is 14.3. The largest absolute Gasteiger partial charge is 0.0530 e. The molecule has 0 saturated heterocycles. The predicted molar refractivity (Wildman–Crippen MR) is 39.1 cm³/mol. The maximum atomic E-state index is 1.86. The normalized spacial score (nSPS) is 29.3. The first-order valence-electron chi connectivity index (χ1n) is 4.29. The lowest BCUT2D eigenvalue weighted by molar-refractivity contribution is 0.534. The average molecular weight is 123 g/mol. The van der Waals surface area contributed by atoms with Crippen LogP contribution in [-0.4, -0.2) is 0 Å². The Morgan fingerprint density at radius 2 is 1.78 bits per heavy atom. The number of rotatable bonds is 2. The summed E-state index contributed by atoms with van der Waals surface area (Å²) in [6.07, 6.45) is 10.5. The molecule has 0 heterocycles. The van der Waals surface area contributed by atoms with Crippen LogP contribution in [0, 0.1) is 11.8 Å². The highest BCUT2D eigenvalue weighted by Crippen LogP contribution is 2.42. The van der Waals surface area contributed by atoms with Gasteiger partial charge in [-0.05, 0) is 31.1 Å². The van der Waals surface area contributed by atoms with Gasteiger partial charge in [-0.3, -0.25) is 0 Å². The molecule has 0 unspecified atom stereocenters. The van der Waals surface area contributed by atoms with Crippen LogP contribution in [0.5, 0.6) is 0 Å². The summed E-state index contributed by atoms with van der Waals surface area (Å²) in [4.78, 5) is 0. The van der Waals surface area contributed by atoms with E-state index in [2.05, 4.69) is 0 Å². The second kappa shape index (κ2) is 2.32. The zero-order valence-corrected chi connectivity index (χ0v) is 6.03. The third-order valence-electron chi connectivity index (χ3n) is 2.66. The van der Waals surface area contributed by atoms with Gasteiger partial charge in [-0.25, -0.2) is 0 Å². The van der Waals surface area contributed by atoms with Gasteiger partial charge < -0.3 is 0 Å². The first-order chi connectivity index (χ1) is 4.45. The van der Waals surface area contributed by atoms with E-state index in [9.17, 15) is 0 Å². The summed E-state index contributed by atoms with van der Waals surface area (Å²) in [5.41, 5.74) is 0. The van der Waals surface area contributed by atoms with Gasteiger partial charge in [0.15, 0.2) is 0 Å². The van der Waals surface area contributed by atoms with Crippen LogP contribution in [0.1, 0.15) is 44.9 Å². The summed E-state index contributed by atoms with van der Waals surface area (Å²) in [7, 11) is 0. The number of hydrogen-bond acceptors (Lipinski definition) is 0. The van der Waals surface area contributed by atoms with Crippen molar-refractivity contribution >= 4 is 0 Å². The van der Waals surface area contributed by atoms with Gasteiger partial charge in [-0.15, -0.1) is 0 Å². The van der Waals surface area contributed by atoms with Gasteiger partial charge in [0.1, 0.15) is 0 Å². The van der Waals surface area contributed by atoms with Gasteiger partial charge in [-0.2, -0.15) is 0 Å². The Kier molecular flexibility index (Phi) is 1.48. The molecule has 2 aliphatic rings. The van der Waals surface area contributed by atoms with E-state index in [0.717, 1.165) is 5.92 Å². The Hall–Kier alpha value is 0. The van der Waals surface area contributed by atoms with Crippen molar-refractivity contribution in [1.29, 1.82) is 0 Å². The summed E-state index contributed by atoms with van der Waals surface area (Å²) in [5, 5.41) is 0. The maximum Gasteiger partial charge on any atom is -0.0238 e. The zero-order valence-electron chi connectivity index (χ0n) is 6.03. The molecule has 9 heavy (non-hydrogen) atoms. The second-order valence-corrected chi connectivity index (χ2v) is 3.60. The first kappa shape index (κ1) is 5.76. The Balaban J connectivity index is 1.70. The minimum atomic E-state index is 1.11. The minimum Gasteiger partial charge on any atom is -0.0530 e. The molecular weight excluding hydrogens is 108 g/mol. The van der Waals surface area contributed by atoms with E-state index >= 15 is 0 Å². The van der Waals surface area contributed by atoms with E-state index in [1.807, 2.05) is 5.92 Å². The van der Waals surface area contributed by atoms with Gasteiger partial charge in [0.05, 0.1) is 0 Å². The van der Waals surface area contributed by atoms with Crippen LogP contribution < -0.4 is 0 Å². The molecule has 2 fully saturated rings. The fourth-order valence-corrected chi connectivity index (χ4v) is 1.92. The number of hydrogen-bond donors (Lipinski definition) is 0. The molecular formula is C9H15. The second-order valence-electron chi connectivity index (χ2n) is 3.60. The molecule has 0 aliphatic heterocycles. The van der Waals surface area contributed by atoms with Gasteiger partial charge in [0, 0.05) is 0 Å². The topological polar surface area (TPSA) is 0 Å². The monoisotopic (exact) mass is 123 g/mol. The maximum absolute atomic E-state index is 1.86. The summed E-state index contributed by atoms with van der Waals surface area (Å²) in [6.45, 7) is 0. The molecule has 0 aromatic carbocycles. The van der Waals surface area contributed by atoms with Gasteiger partial charge in [0.2, 0.25) is 0 Å². The van der Waals surface area contributed by atoms with E-state index < -0.39 is 0 Å². The van der Waals surface area contributed by atoms with Crippen molar-refractivity contribution in [2.45, 2.75) is 44.9 Å². The van der Waals surface area contributed by atoms with Crippen molar-refractivity contribution in [3.63, 3.8) is 0 Å². The molecule has 0 aromatic rings. The lowest BCUT2D eigenvalue weighted by Gasteiger charge is -2.04. The smallest absolute Gasteiger partial charge is 0.0238 e. The van der Waals surface area contributed by atoms with Crippen LogP contribution >= 0.6 is 0 Å². The Morgan fingerprint density at radius 3 is 2.33 bits per heavy atom. The Labute approximate surface area is 57.6 Å². The Morgan fingerprint density at radius 1 is 1.11 bits per heavy atom. The van der Waals surface area contributed by atoms with Gasteiger partial charge in [0.25, 0.3) is 0 Å². The van der Waals surface area contributed by atoms with Crippen molar-refractivity contribution in [1.82, 2.24) is 0 Å². The molecule has 0 bridgehead atoms. The van der Waals surface area contributed by atoms with Crippen molar-refractivity contribution in [3.8, 4) is 0 Å². The average Bonchev–Trinajstić information content (AvgIpc) is 2.46.